The van der Waals surface area contributed by atoms with Gasteiger partial charge in [0.05, 0.1) is 12.7 Å². The number of hydrogen-bond donors (Lipinski definition) is 1. The smallest absolute Gasteiger partial charge is 0.0900 e. The van der Waals surface area contributed by atoms with Crippen molar-refractivity contribution in [2.24, 2.45) is 0 Å². The summed E-state index contributed by atoms with van der Waals surface area (Å²) in [6.45, 7) is 8.20. The zero-order valence-corrected chi connectivity index (χ0v) is 17.7. The SMILES string of the molecule is CCN(CC)CC(O)COCCCS(C)(C)CCS(C)(C)C. The second kappa shape index (κ2) is 11.2. The molecule has 3 nitrogen and oxygen atoms in total. The third kappa shape index (κ3) is 13.1. The summed E-state index contributed by atoms with van der Waals surface area (Å²) in [6.07, 6.45) is 12.9. The lowest BCUT2D eigenvalue weighted by Gasteiger charge is -2.36. The van der Waals surface area contributed by atoms with Crippen molar-refractivity contribution in [3.8, 4) is 0 Å². The minimum absolute atomic E-state index is 0.357. The number of likely N-dealkylation sites (N-methyl/N-ethyl adjacent to an activating group) is 1. The summed E-state index contributed by atoms with van der Waals surface area (Å²) in [5, 5.41) is 9.96. The molecule has 0 aromatic carbocycles. The van der Waals surface area contributed by atoms with Crippen LogP contribution in [-0.4, -0.2) is 97.5 Å². The maximum Gasteiger partial charge on any atom is 0.0900 e. The highest BCUT2D eigenvalue weighted by molar-refractivity contribution is 8.35. The minimum Gasteiger partial charge on any atom is -0.389 e. The highest BCUT2D eigenvalue weighted by Crippen LogP contribution is 2.45. The Kier molecular flexibility index (Phi) is 11.5. The van der Waals surface area contributed by atoms with Gasteiger partial charge in [-0.05, 0) is 68.0 Å². The molecule has 0 aliphatic carbocycles. The predicted molar refractivity (Wildman–Crippen MR) is 109 cm³/mol. The van der Waals surface area contributed by atoms with Gasteiger partial charge in [-0.1, -0.05) is 13.8 Å². The summed E-state index contributed by atoms with van der Waals surface area (Å²) >= 11 is 0. The summed E-state index contributed by atoms with van der Waals surface area (Å²) in [6, 6.07) is 0. The van der Waals surface area contributed by atoms with E-state index >= 15 is 0 Å². The first kappa shape index (κ1) is 22.6. The normalized spacial score (nSPS) is 16.0. The number of hydrogen-bond acceptors (Lipinski definition) is 3. The molecule has 0 spiro atoms. The van der Waals surface area contributed by atoms with Crippen LogP contribution in [0, 0.1) is 0 Å². The molecule has 1 unspecified atom stereocenters. The molecular weight excluding hydrogens is 314 g/mol. The quantitative estimate of drug-likeness (QED) is 0.516. The summed E-state index contributed by atoms with van der Waals surface area (Å²) in [5.41, 5.74) is 0. The number of aliphatic hydroxyl groups is 1. The average molecular weight is 356 g/mol. The van der Waals surface area contributed by atoms with Gasteiger partial charge >= 0.3 is 0 Å². The molecule has 0 saturated heterocycles. The second-order valence-electron chi connectivity index (χ2n) is 7.54. The van der Waals surface area contributed by atoms with Gasteiger partial charge in [-0.2, -0.15) is 0 Å². The predicted octanol–water partition coefficient (Wildman–Crippen LogP) is 2.85. The Hall–Kier alpha value is 0.580. The van der Waals surface area contributed by atoms with Gasteiger partial charge in [-0.25, -0.2) is 20.1 Å². The molecule has 0 fully saturated rings. The summed E-state index contributed by atoms with van der Waals surface area (Å²) < 4.78 is 5.67. The van der Waals surface area contributed by atoms with Gasteiger partial charge in [0.25, 0.3) is 0 Å². The molecule has 138 valence electrons. The molecule has 0 heterocycles. The molecule has 0 saturated carbocycles. The van der Waals surface area contributed by atoms with E-state index in [1.165, 1.54) is 17.3 Å². The van der Waals surface area contributed by atoms with Crippen molar-refractivity contribution in [3.63, 3.8) is 0 Å². The minimum atomic E-state index is -0.472. The first-order valence-corrected chi connectivity index (χ1v) is 14.2. The average Bonchev–Trinajstić information content (AvgIpc) is 2.41. The zero-order chi connectivity index (χ0) is 17.2. The number of aliphatic hydroxyl groups excluding tert-OH is 1. The van der Waals surface area contributed by atoms with Gasteiger partial charge in [0.1, 0.15) is 0 Å². The Balaban J connectivity index is 3.75. The molecule has 0 aliphatic rings. The molecule has 5 heteroatoms. The van der Waals surface area contributed by atoms with Crippen molar-refractivity contribution in [1.82, 2.24) is 4.90 Å². The molecular formula is C17H41NO2S2. The maximum absolute atomic E-state index is 9.96. The first-order chi connectivity index (χ1) is 10.1. The highest BCUT2D eigenvalue weighted by atomic mass is 32.3. The van der Waals surface area contributed by atoms with Gasteiger partial charge in [-0.15, -0.1) is 0 Å². The molecule has 0 bridgehead atoms. The largest absolute Gasteiger partial charge is 0.389 e. The second-order valence-corrected chi connectivity index (χ2v) is 16.5. The molecule has 22 heavy (non-hydrogen) atoms. The Bertz CT molecular complexity index is 276. The summed E-state index contributed by atoms with van der Waals surface area (Å²) in [7, 11) is -0.841. The van der Waals surface area contributed by atoms with Crippen LogP contribution in [0.2, 0.25) is 0 Å². The Morgan fingerprint density at radius 2 is 1.55 bits per heavy atom. The molecule has 0 amide bonds. The van der Waals surface area contributed by atoms with Crippen LogP contribution in [0.3, 0.4) is 0 Å². The summed E-state index contributed by atoms with van der Waals surface area (Å²) in [5.74, 6) is 4.06. The van der Waals surface area contributed by atoms with E-state index in [2.05, 4.69) is 50.0 Å². The van der Waals surface area contributed by atoms with E-state index in [0.29, 0.717) is 6.61 Å². The van der Waals surface area contributed by atoms with Crippen LogP contribution in [0.4, 0.5) is 0 Å². The third-order valence-electron chi connectivity index (χ3n) is 3.91. The lowest BCUT2D eigenvalue weighted by molar-refractivity contribution is 0.0188. The van der Waals surface area contributed by atoms with E-state index in [0.717, 1.165) is 32.7 Å². The van der Waals surface area contributed by atoms with Crippen molar-refractivity contribution in [2.75, 3.05) is 81.4 Å². The fourth-order valence-corrected chi connectivity index (χ4v) is 7.09. The molecule has 0 aromatic rings. The van der Waals surface area contributed by atoms with Crippen LogP contribution in [0.1, 0.15) is 20.3 Å². The van der Waals surface area contributed by atoms with E-state index in [1.807, 2.05) is 0 Å². The van der Waals surface area contributed by atoms with E-state index < -0.39 is 10.0 Å². The van der Waals surface area contributed by atoms with Gasteiger partial charge in [0.2, 0.25) is 0 Å². The lowest BCUT2D eigenvalue weighted by atomic mass is 10.3. The molecule has 0 radical (unpaired) electrons. The van der Waals surface area contributed by atoms with Crippen molar-refractivity contribution < 1.29 is 9.84 Å². The first-order valence-electron chi connectivity index (χ1n) is 8.42. The zero-order valence-electron chi connectivity index (χ0n) is 16.1. The molecule has 0 aromatic heterocycles. The topological polar surface area (TPSA) is 32.7 Å². The van der Waals surface area contributed by atoms with Crippen molar-refractivity contribution in [3.05, 3.63) is 0 Å². The Morgan fingerprint density at radius 1 is 0.955 bits per heavy atom. The van der Waals surface area contributed by atoms with Crippen molar-refractivity contribution in [2.45, 2.75) is 26.4 Å². The van der Waals surface area contributed by atoms with E-state index in [-0.39, 0.29) is 16.1 Å². The lowest BCUT2D eigenvalue weighted by Crippen LogP contribution is -2.34. The van der Waals surface area contributed by atoms with Gasteiger partial charge in [-0.3, -0.25) is 0 Å². The van der Waals surface area contributed by atoms with E-state index in [1.54, 1.807) is 0 Å². The van der Waals surface area contributed by atoms with Gasteiger partial charge in [0, 0.05) is 13.2 Å². The molecule has 0 aliphatic heterocycles. The van der Waals surface area contributed by atoms with Crippen LogP contribution in [0.5, 0.6) is 0 Å². The number of nitrogens with zero attached hydrogens (tertiary/aromatic N) is 1. The monoisotopic (exact) mass is 355 g/mol. The number of ether oxygens (including phenoxy) is 1. The van der Waals surface area contributed by atoms with E-state index in [9.17, 15) is 5.11 Å². The Labute approximate surface area is 142 Å². The van der Waals surface area contributed by atoms with E-state index in [4.69, 9.17) is 4.74 Å². The highest BCUT2D eigenvalue weighted by Gasteiger charge is 2.15. The molecule has 1 atom stereocenters. The fourth-order valence-electron chi connectivity index (χ4n) is 2.18. The van der Waals surface area contributed by atoms with Crippen LogP contribution in [-0.2, 0) is 4.74 Å². The van der Waals surface area contributed by atoms with Crippen molar-refractivity contribution >= 4 is 20.1 Å². The van der Waals surface area contributed by atoms with Crippen molar-refractivity contribution in [1.29, 1.82) is 0 Å². The number of rotatable bonds is 13. The standard InChI is InChI=1S/C17H41NO2S2/c1-8-18(9-2)15-17(19)16-20-11-10-12-22(6,7)14-13-21(3,4)5/h17,19H,8-16H2,1-7H3. The van der Waals surface area contributed by atoms with Crippen LogP contribution >= 0.6 is 20.1 Å². The van der Waals surface area contributed by atoms with Gasteiger partial charge in [0.15, 0.2) is 0 Å². The Morgan fingerprint density at radius 3 is 2.05 bits per heavy atom. The molecule has 1 N–H and O–H groups in total. The van der Waals surface area contributed by atoms with Gasteiger partial charge < -0.3 is 14.7 Å². The molecule has 0 rings (SSSR count). The maximum atomic E-state index is 9.96. The fraction of sp³-hybridized carbons (Fsp3) is 1.00. The summed E-state index contributed by atoms with van der Waals surface area (Å²) in [4.78, 5) is 2.23. The van der Waals surface area contributed by atoms with Crippen LogP contribution in [0.15, 0.2) is 0 Å². The van der Waals surface area contributed by atoms with Crippen LogP contribution < -0.4 is 0 Å². The van der Waals surface area contributed by atoms with Crippen LogP contribution in [0.25, 0.3) is 0 Å². The third-order valence-corrected chi connectivity index (χ3v) is 8.30.